The molecule has 0 aliphatic carbocycles. The van der Waals surface area contributed by atoms with Gasteiger partial charge in [0.1, 0.15) is 0 Å². The van der Waals surface area contributed by atoms with Crippen LogP contribution in [0.4, 0.5) is 0 Å². The third-order valence-corrected chi connectivity index (χ3v) is 5.11. The zero-order valence-electron chi connectivity index (χ0n) is 15.8. The number of allylic oxidation sites excluding steroid dienone is 1. The zero-order valence-corrected chi connectivity index (χ0v) is 15.8. The maximum Gasteiger partial charge on any atom is 0.0701 e. The lowest BCUT2D eigenvalue weighted by Crippen LogP contribution is -2.02. The summed E-state index contributed by atoms with van der Waals surface area (Å²) in [5.74, 6) is 0.297. The highest BCUT2D eigenvalue weighted by atomic mass is 14.7. The third-order valence-electron chi connectivity index (χ3n) is 5.11. The minimum absolute atomic E-state index is 0.297. The Morgan fingerprint density at radius 2 is 1.25 bits per heavy atom. The van der Waals surface area contributed by atoms with Crippen LogP contribution >= 0.6 is 0 Å². The molecule has 0 saturated heterocycles. The van der Waals surface area contributed by atoms with Gasteiger partial charge in [-0.05, 0) is 40.8 Å². The van der Waals surface area contributed by atoms with Gasteiger partial charge in [-0.25, -0.2) is 0 Å². The first-order valence-electron chi connectivity index (χ1n) is 9.61. The number of nitrogens with zero attached hydrogens (tertiary/aromatic N) is 1. The van der Waals surface area contributed by atoms with Crippen molar-refractivity contribution < 1.29 is 0 Å². The van der Waals surface area contributed by atoms with Crippen molar-refractivity contribution in [3.05, 3.63) is 133 Å². The topological polar surface area (TPSA) is 12.9 Å². The summed E-state index contributed by atoms with van der Waals surface area (Å²) < 4.78 is 0. The van der Waals surface area contributed by atoms with Gasteiger partial charge < -0.3 is 0 Å². The van der Waals surface area contributed by atoms with E-state index in [0.717, 1.165) is 23.3 Å². The van der Waals surface area contributed by atoms with Crippen molar-refractivity contribution in [2.24, 2.45) is 0 Å². The van der Waals surface area contributed by atoms with E-state index >= 15 is 0 Å². The average molecular weight is 361 g/mol. The molecule has 0 fully saturated rings. The molecule has 0 atom stereocenters. The fourth-order valence-electron chi connectivity index (χ4n) is 3.57. The number of hydrogen-bond donors (Lipinski definition) is 0. The van der Waals surface area contributed by atoms with Gasteiger partial charge >= 0.3 is 0 Å². The first-order valence-corrected chi connectivity index (χ1v) is 9.61. The van der Waals surface area contributed by atoms with Gasteiger partial charge in [0.25, 0.3) is 0 Å². The second-order valence-electron chi connectivity index (χ2n) is 6.97. The summed E-state index contributed by atoms with van der Waals surface area (Å²) in [7, 11) is 0. The van der Waals surface area contributed by atoms with Crippen LogP contribution in [0.5, 0.6) is 0 Å². The van der Waals surface area contributed by atoms with Crippen LogP contribution in [0, 0.1) is 0 Å². The smallest absolute Gasteiger partial charge is 0.0701 e. The average Bonchev–Trinajstić information content (AvgIpc) is 2.79. The summed E-state index contributed by atoms with van der Waals surface area (Å²) in [6.45, 7) is 4.40. The highest BCUT2D eigenvalue weighted by molar-refractivity contribution is 5.68. The van der Waals surface area contributed by atoms with Gasteiger partial charge in [-0.3, -0.25) is 4.98 Å². The van der Waals surface area contributed by atoms with Crippen molar-refractivity contribution in [3.8, 4) is 11.3 Å². The van der Waals surface area contributed by atoms with Crippen LogP contribution in [0.25, 0.3) is 16.8 Å². The fraction of sp³-hybridized carbons (Fsp3) is 0.0741. The monoisotopic (exact) mass is 361 g/mol. The summed E-state index contributed by atoms with van der Waals surface area (Å²) in [4.78, 5) is 4.43. The molecular formula is C27H23N. The van der Waals surface area contributed by atoms with E-state index in [0.29, 0.717) is 5.92 Å². The third kappa shape index (κ3) is 4.10. The second-order valence-corrected chi connectivity index (χ2v) is 6.97. The van der Waals surface area contributed by atoms with Gasteiger partial charge in [0.15, 0.2) is 0 Å². The quantitative estimate of drug-likeness (QED) is 0.361. The normalized spacial score (nSPS) is 10.8. The van der Waals surface area contributed by atoms with E-state index in [1.807, 2.05) is 24.4 Å². The Labute approximate surface area is 167 Å². The second kappa shape index (κ2) is 8.49. The van der Waals surface area contributed by atoms with Crippen LogP contribution in [0.2, 0.25) is 0 Å². The van der Waals surface area contributed by atoms with Crippen molar-refractivity contribution >= 4 is 5.57 Å². The molecule has 1 aromatic heterocycles. The summed E-state index contributed by atoms with van der Waals surface area (Å²) in [6, 6.07) is 35.9. The predicted octanol–water partition coefficient (Wildman–Crippen LogP) is 6.98. The molecule has 0 bridgehead atoms. The molecule has 1 heteroatoms. The highest BCUT2D eigenvalue weighted by Gasteiger charge is 2.16. The first kappa shape index (κ1) is 17.9. The molecule has 136 valence electrons. The molecule has 0 N–H and O–H groups in total. The molecule has 4 rings (SSSR count). The van der Waals surface area contributed by atoms with Crippen molar-refractivity contribution in [1.29, 1.82) is 0 Å². The van der Waals surface area contributed by atoms with Crippen molar-refractivity contribution in [1.82, 2.24) is 4.98 Å². The number of rotatable bonds is 6. The Balaban J connectivity index is 1.58. The van der Waals surface area contributed by atoms with E-state index in [4.69, 9.17) is 0 Å². The van der Waals surface area contributed by atoms with Crippen molar-refractivity contribution in [3.63, 3.8) is 0 Å². The van der Waals surface area contributed by atoms with Crippen LogP contribution in [-0.2, 0) is 0 Å². The number of pyridine rings is 1. The lowest BCUT2D eigenvalue weighted by Gasteiger charge is -2.20. The van der Waals surface area contributed by atoms with Gasteiger partial charge in [-0.2, -0.15) is 0 Å². The standard InChI is InChI=1S/C27H23N/c1-21(22-15-17-25(18-16-22)27-14-8-9-19-28-27)20-26(23-10-4-2-5-11-23)24-12-6-3-7-13-24/h2-19,26H,1,20H2. The number of benzene rings is 3. The lowest BCUT2D eigenvalue weighted by atomic mass is 9.84. The van der Waals surface area contributed by atoms with Gasteiger partial charge in [-0.1, -0.05) is 97.6 Å². The summed E-state index contributed by atoms with van der Waals surface area (Å²) in [6.07, 6.45) is 2.71. The summed E-state index contributed by atoms with van der Waals surface area (Å²) in [5.41, 5.74) is 7.08. The Kier molecular flexibility index (Phi) is 5.44. The molecule has 0 amide bonds. The minimum Gasteiger partial charge on any atom is -0.256 e. The largest absolute Gasteiger partial charge is 0.256 e. The van der Waals surface area contributed by atoms with Crippen LogP contribution in [-0.4, -0.2) is 4.98 Å². The zero-order chi connectivity index (χ0) is 19.2. The fourth-order valence-corrected chi connectivity index (χ4v) is 3.57. The molecule has 0 aliphatic heterocycles. The maximum atomic E-state index is 4.43. The number of aromatic nitrogens is 1. The van der Waals surface area contributed by atoms with Gasteiger partial charge in [0.2, 0.25) is 0 Å². The van der Waals surface area contributed by atoms with E-state index in [-0.39, 0.29) is 0 Å². The van der Waals surface area contributed by atoms with Crippen LogP contribution in [0.15, 0.2) is 116 Å². The molecule has 0 aliphatic rings. The predicted molar refractivity (Wildman–Crippen MR) is 118 cm³/mol. The molecule has 0 radical (unpaired) electrons. The van der Waals surface area contributed by atoms with Crippen LogP contribution < -0.4 is 0 Å². The molecule has 0 saturated carbocycles. The number of hydrogen-bond acceptors (Lipinski definition) is 1. The van der Waals surface area contributed by atoms with E-state index in [1.54, 1.807) is 0 Å². The molecule has 0 spiro atoms. The van der Waals surface area contributed by atoms with Gasteiger partial charge in [-0.15, -0.1) is 0 Å². The SMILES string of the molecule is C=C(CC(c1ccccc1)c1ccccc1)c1ccc(-c2ccccn2)cc1. The van der Waals surface area contributed by atoms with Crippen molar-refractivity contribution in [2.75, 3.05) is 0 Å². The molecule has 0 unspecified atom stereocenters. The molecule has 4 aromatic rings. The maximum absolute atomic E-state index is 4.43. The molecular weight excluding hydrogens is 338 g/mol. The lowest BCUT2D eigenvalue weighted by molar-refractivity contribution is 0.842. The van der Waals surface area contributed by atoms with Crippen molar-refractivity contribution in [2.45, 2.75) is 12.3 Å². The Bertz CT molecular complexity index is 980. The van der Waals surface area contributed by atoms with E-state index in [1.165, 1.54) is 16.7 Å². The molecule has 3 aromatic carbocycles. The van der Waals surface area contributed by atoms with E-state index < -0.39 is 0 Å². The van der Waals surface area contributed by atoms with Crippen LogP contribution in [0.1, 0.15) is 29.0 Å². The Morgan fingerprint density at radius 1 is 0.679 bits per heavy atom. The summed E-state index contributed by atoms with van der Waals surface area (Å²) in [5, 5.41) is 0. The van der Waals surface area contributed by atoms with E-state index in [9.17, 15) is 0 Å². The minimum atomic E-state index is 0.297. The van der Waals surface area contributed by atoms with E-state index in [2.05, 4.69) is 96.5 Å². The Morgan fingerprint density at radius 3 is 1.79 bits per heavy atom. The molecule has 1 nitrogen and oxygen atoms in total. The van der Waals surface area contributed by atoms with Crippen LogP contribution in [0.3, 0.4) is 0 Å². The Hall–Kier alpha value is -3.45. The van der Waals surface area contributed by atoms with Gasteiger partial charge in [0.05, 0.1) is 5.69 Å². The summed E-state index contributed by atoms with van der Waals surface area (Å²) >= 11 is 0. The highest BCUT2D eigenvalue weighted by Crippen LogP contribution is 2.34. The van der Waals surface area contributed by atoms with Gasteiger partial charge in [0, 0.05) is 17.7 Å². The first-order chi connectivity index (χ1) is 13.8. The molecule has 28 heavy (non-hydrogen) atoms. The molecule has 1 heterocycles.